The summed E-state index contributed by atoms with van der Waals surface area (Å²) in [5.41, 5.74) is 0. The van der Waals surface area contributed by atoms with Gasteiger partial charge in [0, 0.05) is 31.2 Å². The molecule has 1 unspecified atom stereocenters. The van der Waals surface area contributed by atoms with E-state index < -0.39 is 0 Å². The predicted molar refractivity (Wildman–Crippen MR) is 46.4 cm³/mol. The van der Waals surface area contributed by atoms with Crippen LogP contribution < -0.4 is 0 Å². The van der Waals surface area contributed by atoms with E-state index in [0.717, 1.165) is 5.82 Å². The summed E-state index contributed by atoms with van der Waals surface area (Å²) < 4.78 is 0. The zero-order valence-electron chi connectivity index (χ0n) is 7.20. The van der Waals surface area contributed by atoms with Crippen LogP contribution >= 0.6 is 0 Å². The first-order valence-electron chi connectivity index (χ1n) is 4.11. The Balaban J connectivity index is 2.59. The number of rotatable bonds is 4. The molecule has 1 rings (SSSR count). The molecule has 0 amide bonds. The third-order valence-electron chi connectivity index (χ3n) is 1.85. The molecule has 1 heterocycles. The van der Waals surface area contributed by atoms with Crippen molar-refractivity contribution in [3.8, 4) is 12.1 Å². The second-order valence-electron chi connectivity index (χ2n) is 2.73. The first-order chi connectivity index (χ1) is 6.38. The van der Waals surface area contributed by atoms with E-state index >= 15 is 0 Å². The summed E-state index contributed by atoms with van der Waals surface area (Å²) >= 11 is 0. The normalized spacial score (nSPS) is 11.5. The van der Waals surface area contributed by atoms with Crippen LogP contribution in [0.5, 0.6) is 0 Å². The molecule has 0 aromatic carbocycles. The Morgan fingerprint density at radius 2 is 2.31 bits per heavy atom. The molecule has 1 aromatic rings. The highest BCUT2D eigenvalue weighted by atomic mass is 14.9. The number of nitrogens with zero attached hydrogens (tertiary/aromatic N) is 3. The van der Waals surface area contributed by atoms with E-state index in [1.54, 1.807) is 12.4 Å². The van der Waals surface area contributed by atoms with Gasteiger partial charge in [0.05, 0.1) is 12.1 Å². The summed E-state index contributed by atoms with van der Waals surface area (Å²) in [7, 11) is 0. The topological polar surface area (TPSA) is 76.3 Å². The van der Waals surface area contributed by atoms with Crippen molar-refractivity contribution in [1.82, 2.24) is 9.97 Å². The molecule has 0 radical (unpaired) electrons. The predicted octanol–water partition coefficient (Wildman–Crippen LogP) is 1.71. The summed E-state index contributed by atoms with van der Waals surface area (Å²) in [6, 6.07) is 4.16. The van der Waals surface area contributed by atoms with E-state index in [0.29, 0.717) is 19.3 Å². The zero-order valence-corrected chi connectivity index (χ0v) is 7.20. The molecule has 1 aromatic heterocycles. The summed E-state index contributed by atoms with van der Waals surface area (Å²) in [5, 5.41) is 17.0. The minimum Gasteiger partial charge on any atom is -0.348 e. The third kappa shape index (κ3) is 2.61. The number of H-pyrrole nitrogens is 1. The Kier molecular flexibility index (Phi) is 3.53. The number of nitrogens with one attached hydrogen (secondary N) is 1. The van der Waals surface area contributed by atoms with Crippen LogP contribution in [0.3, 0.4) is 0 Å². The smallest absolute Gasteiger partial charge is 0.110 e. The highest BCUT2D eigenvalue weighted by Crippen LogP contribution is 2.20. The summed E-state index contributed by atoms with van der Waals surface area (Å²) in [5.74, 6) is 0.872. The van der Waals surface area contributed by atoms with Crippen molar-refractivity contribution in [2.24, 2.45) is 0 Å². The SMILES string of the molecule is N#CCCC(CC#N)c1ncc[nH]1. The Morgan fingerprint density at radius 1 is 1.46 bits per heavy atom. The van der Waals surface area contributed by atoms with Crippen molar-refractivity contribution in [2.75, 3.05) is 0 Å². The fourth-order valence-corrected chi connectivity index (χ4v) is 1.19. The monoisotopic (exact) mass is 174 g/mol. The molecular formula is C9H10N4. The number of aromatic amines is 1. The number of hydrogen-bond acceptors (Lipinski definition) is 3. The maximum atomic E-state index is 8.56. The lowest BCUT2D eigenvalue weighted by atomic mass is 10.00. The molecule has 0 spiro atoms. The molecule has 13 heavy (non-hydrogen) atoms. The molecule has 4 heteroatoms. The average Bonchev–Trinajstić information content (AvgIpc) is 2.65. The van der Waals surface area contributed by atoms with Crippen LogP contribution in [0.1, 0.15) is 31.0 Å². The number of imidazole rings is 1. The van der Waals surface area contributed by atoms with Gasteiger partial charge in [-0.3, -0.25) is 0 Å². The van der Waals surface area contributed by atoms with Crippen molar-refractivity contribution >= 4 is 0 Å². The molecule has 0 aliphatic rings. The number of aromatic nitrogens is 2. The average molecular weight is 174 g/mol. The Morgan fingerprint density at radius 3 is 2.85 bits per heavy atom. The second-order valence-corrected chi connectivity index (χ2v) is 2.73. The summed E-state index contributed by atoms with van der Waals surface area (Å²) in [6.45, 7) is 0. The standard InChI is InChI=1S/C9H10N4/c10-4-1-2-8(3-5-11)9-12-6-7-13-9/h6-8H,1-3H2,(H,12,13). The second kappa shape index (κ2) is 4.95. The molecule has 0 fully saturated rings. The summed E-state index contributed by atoms with van der Waals surface area (Å²) in [6.07, 6.45) is 4.96. The lowest BCUT2D eigenvalue weighted by Crippen LogP contribution is -1.99. The van der Waals surface area contributed by atoms with Gasteiger partial charge in [-0.25, -0.2) is 4.98 Å². The number of hydrogen-bond donors (Lipinski definition) is 1. The lowest BCUT2D eigenvalue weighted by Gasteiger charge is -2.07. The number of nitriles is 2. The molecule has 0 saturated carbocycles. The van der Waals surface area contributed by atoms with Crippen molar-refractivity contribution < 1.29 is 0 Å². The minimum atomic E-state index is 0.0691. The van der Waals surface area contributed by atoms with Gasteiger partial charge in [-0.05, 0) is 6.42 Å². The summed E-state index contributed by atoms with van der Waals surface area (Å²) in [4.78, 5) is 7.03. The van der Waals surface area contributed by atoms with Gasteiger partial charge in [0.2, 0.25) is 0 Å². The minimum absolute atomic E-state index is 0.0691. The fourth-order valence-electron chi connectivity index (χ4n) is 1.19. The van der Waals surface area contributed by atoms with Crippen molar-refractivity contribution in [3.63, 3.8) is 0 Å². The van der Waals surface area contributed by atoms with Gasteiger partial charge >= 0.3 is 0 Å². The van der Waals surface area contributed by atoms with Crippen molar-refractivity contribution in [1.29, 1.82) is 10.5 Å². The van der Waals surface area contributed by atoms with Gasteiger partial charge in [-0.2, -0.15) is 10.5 Å². The van der Waals surface area contributed by atoms with E-state index in [4.69, 9.17) is 10.5 Å². The maximum Gasteiger partial charge on any atom is 0.110 e. The van der Waals surface area contributed by atoms with Crippen molar-refractivity contribution in [3.05, 3.63) is 18.2 Å². The van der Waals surface area contributed by atoms with E-state index in [1.165, 1.54) is 0 Å². The van der Waals surface area contributed by atoms with Gasteiger partial charge in [-0.15, -0.1) is 0 Å². The Bertz CT molecular complexity index is 314. The van der Waals surface area contributed by atoms with Gasteiger partial charge in [0.25, 0.3) is 0 Å². The van der Waals surface area contributed by atoms with Crippen molar-refractivity contribution in [2.45, 2.75) is 25.2 Å². The maximum absolute atomic E-state index is 8.56. The quantitative estimate of drug-likeness (QED) is 0.754. The van der Waals surface area contributed by atoms with Crippen LogP contribution in [0.15, 0.2) is 12.4 Å². The first-order valence-corrected chi connectivity index (χ1v) is 4.11. The van der Waals surface area contributed by atoms with Crippen LogP contribution in [0.4, 0.5) is 0 Å². The molecule has 1 N–H and O–H groups in total. The Labute approximate surface area is 76.8 Å². The van der Waals surface area contributed by atoms with E-state index in [-0.39, 0.29) is 5.92 Å². The van der Waals surface area contributed by atoms with E-state index in [9.17, 15) is 0 Å². The highest BCUT2D eigenvalue weighted by Gasteiger charge is 2.12. The lowest BCUT2D eigenvalue weighted by molar-refractivity contribution is 0.617. The first kappa shape index (κ1) is 9.28. The molecular weight excluding hydrogens is 164 g/mol. The van der Waals surface area contributed by atoms with E-state index in [2.05, 4.69) is 22.1 Å². The fraction of sp³-hybridized carbons (Fsp3) is 0.444. The van der Waals surface area contributed by atoms with Crippen LogP contribution in [0.25, 0.3) is 0 Å². The molecule has 1 atom stereocenters. The largest absolute Gasteiger partial charge is 0.348 e. The van der Waals surface area contributed by atoms with Crippen LogP contribution in [0, 0.1) is 22.7 Å². The van der Waals surface area contributed by atoms with Gasteiger partial charge in [-0.1, -0.05) is 0 Å². The molecule has 0 saturated heterocycles. The highest BCUT2D eigenvalue weighted by molar-refractivity contribution is 5.01. The zero-order chi connectivity index (χ0) is 9.52. The molecule has 4 nitrogen and oxygen atoms in total. The van der Waals surface area contributed by atoms with Crippen LogP contribution in [-0.4, -0.2) is 9.97 Å². The third-order valence-corrected chi connectivity index (χ3v) is 1.85. The molecule has 66 valence electrons. The molecule has 0 aliphatic carbocycles. The van der Waals surface area contributed by atoms with Gasteiger partial charge in [0.15, 0.2) is 0 Å². The Hall–Kier alpha value is -1.81. The van der Waals surface area contributed by atoms with Gasteiger partial charge < -0.3 is 4.98 Å². The molecule has 0 aliphatic heterocycles. The molecule has 0 bridgehead atoms. The van der Waals surface area contributed by atoms with Crippen LogP contribution in [0.2, 0.25) is 0 Å². The van der Waals surface area contributed by atoms with Gasteiger partial charge in [0.1, 0.15) is 5.82 Å². The van der Waals surface area contributed by atoms with E-state index in [1.807, 2.05) is 0 Å². The van der Waals surface area contributed by atoms with Crippen LogP contribution in [-0.2, 0) is 0 Å².